The zero-order valence-electron chi connectivity index (χ0n) is 18.9. The fraction of sp³-hybridized carbons (Fsp3) is 0.826. The molecule has 2 aliphatic rings. The lowest BCUT2D eigenvalue weighted by molar-refractivity contribution is -0.140. The molecule has 2 aliphatic carbocycles. The Hall–Kier alpha value is -1.40. The average Bonchev–Trinajstić information content (AvgIpc) is 2.70. The number of carbonyl (C=O) groups is 2. The van der Waals surface area contributed by atoms with Crippen molar-refractivity contribution < 1.29 is 19.1 Å². The highest BCUT2D eigenvalue weighted by atomic mass is 16.5. The van der Waals surface area contributed by atoms with Gasteiger partial charge < -0.3 is 20.1 Å². The first-order chi connectivity index (χ1) is 14.0. The van der Waals surface area contributed by atoms with Gasteiger partial charge in [-0.1, -0.05) is 39.5 Å². The van der Waals surface area contributed by atoms with Crippen LogP contribution in [-0.2, 0) is 19.1 Å². The van der Waals surface area contributed by atoms with Crippen LogP contribution in [0, 0.1) is 11.8 Å². The van der Waals surface area contributed by atoms with Gasteiger partial charge in [0.25, 0.3) is 0 Å². The average molecular weight is 411 g/mol. The van der Waals surface area contributed by atoms with E-state index in [1.807, 2.05) is 0 Å². The minimum absolute atomic E-state index is 0.298. The van der Waals surface area contributed by atoms with Crippen LogP contribution >= 0.6 is 0 Å². The number of hydrogen-bond donors (Lipinski definition) is 2. The summed E-state index contributed by atoms with van der Waals surface area (Å²) >= 11 is 0. The molecule has 0 bridgehead atoms. The molecule has 0 aromatic carbocycles. The van der Waals surface area contributed by atoms with E-state index in [0.717, 1.165) is 42.7 Å². The predicted octanol–water partition coefficient (Wildman–Crippen LogP) is 3.95. The highest BCUT2D eigenvalue weighted by Crippen LogP contribution is 2.25. The van der Waals surface area contributed by atoms with E-state index in [1.165, 1.54) is 51.4 Å². The molecular weight excluding hydrogens is 368 g/mol. The second kappa shape index (κ2) is 15.4. The van der Waals surface area contributed by atoms with E-state index >= 15 is 0 Å². The third-order valence-corrected chi connectivity index (χ3v) is 5.88. The van der Waals surface area contributed by atoms with Gasteiger partial charge in [-0.15, -0.1) is 0 Å². The first-order valence-corrected chi connectivity index (χ1v) is 11.5. The largest absolute Gasteiger partial charge is 0.463 e. The van der Waals surface area contributed by atoms with E-state index in [-0.39, 0.29) is 0 Å². The number of hydrogen-bond acceptors (Lipinski definition) is 6. The Morgan fingerprint density at radius 2 is 1.14 bits per heavy atom. The summed E-state index contributed by atoms with van der Waals surface area (Å²) in [4.78, 5) is 21.3. The van der Waals surface area contributed by atoms with Crippen LogP contribution in [-0.4, -0.2) is 43.9 Å². The SMILES string of the molecule is CC1CCCCC1NCNC1CCCCC1C.CCOC(=O)/C=C\C(=O)OCC. The standard InChI is InChI=1S/C15H30N2.C8H12O4/c1-12-7-3-5-9-14(12)16-11-17-15-10-6-4-8-13(15)2;1-3-11-7(9)5-6-8(10)12-4-2/h12-17H,3-11H2,1-2H3;5-6H,3-4H2,1-2H3/b;6-5-. The van der Waals surface area contributed by atoms with Crippen LogP contribution in [0.1, 0.15) is 79.1 Å². The maximum absolute atomic E-state index is 10.6. The van der Waals surface area contributed by atoms with Crippen LogP contribution in [0.2, 0.25) is 0 Å². The summed E-state index contributed by atoms with van der Waals surface area (Å²) in [6.45, 7) is 9.80. The molecule has 6 nitrogen and oxygen atoms in total. The molecule has 2 fully saturated rings. The highest BCUT2D eigenvalue weighted by molar-refractivity contribution is 5.91. The van der Waals surface area contributed by atoms with E-state index in [2.05, 4.69) is 34.0 Å². The van der Waals surface area contributed by atoms with Gasteiger partial charge in [-0.05, 0) is 51.4 Å². The third-order valence-electron chi connectivity index (χ3n) is 5.88. The molecule has 2 rings (SSSR count). The maximum atomic E-state index is 10.6. The van der Waals surface area contributed by atoms with E-state index in [0.29, 0.717) is 13.2 Å². The molecule has 0 aromatic rings. The minimum Gasteiger partial charge on any atom is -0.463 e. The number of nitrogens with one attached hydrogen (secondary N) is 2. The summed E-state index contributed by atoms with van der Waals surface area (Å²) in [5.41, 5.74) is 0. The summed E-state index contributed by atoms with van der Waals surface area (Å²) in [6.07, 6.45) is 13.4. The first-order valence-electron chi connectivity index (χ1n) is 11.5. The topological polar surface area (TPSA) is 76.7 Å². The summed E-state index contributed by atoms with van der Waals surface area (Å²) in [5.74, 6) is 0.666. The van der Waals surface area contributed by atoms with Gasteiger partial charge in [-0.25, -0.2) is 9.59 Å². The van der Waals surface area contributed by atoms with E-state index in [4.69, 9.17) is 0 Å². The van der Waals surface area contributed by atoms with Gasteiger partial charge in [0, 0.05) is 30.9 Å². The van der Waals surface area contributed by atoms with Crippen molar-refractivity contribution in [3.63, 3.8) is 0 Å². The molecule has 0 aliphatic heterocycles. The van der Waals surface area contributed by atoms with E-state index in [9.17, 15) is 9.59 Å². The van der Waals surface area contributed by atoms with Crippen molar-refractivity contribution in [3.8, 4) is 0 Å². The Kier molecular flexibility index (Phi) is 13.7. The normalized spacial score (nSPS) is 27.0. The van der Waals surface area contributed by atoms with Crippen LogP contribution in [0.3, 0.4) is 0 Å². The van der Waals surface area contributed by atoms with Gasteiger partial charge in [0.15, 0.2) is 0 Å². The molecule has 29 heavy (non-hydrogen) atoms. The molecule has 4 atom stereocenters. The van der Waals surface area contributed by atoms with Gasteiger partial charge in [0.1, 0.15) is 0 Å². The molecule has 0 heterocycles. The quantitative estimate of drug-likeness (QED) is 0.358. The lowest BCUT2D eigenvalue weighted by Crippen LogP contribution is -2.47. The molecule has 2 N–H and O–H groups in total. The van der Waals surface area contributed by atoms with Crippen LogP contribution in [0.15, 0.2) is 12.2 Å². The number of carbonyl (C=O) groups excluding carboxylic acids is 2. The van der Waals surface area contributed by atoms with Gasteiger partial charge in [0.05, 0.1) is 13.2 Å². The van der Waals surface area contributed by atoms with Crippen LogP contribution in [0.5, 0.6) is 0 Å². The van der Waals surface area contributed by atoms with Crippen molar-refractivity contribution in [1.82, 2.24) is 10.6 Å². The van der Waals surface area contributed by atoms with Crippen molar-refractivity contribution in [2.24, 2.45) is 11.8 Å². The molecule has 0 aromatic heterocycles. The Labute approximate surface area is 177 Å². The van der Waals surface area contributed by atoms with Crippen LogP contribution in [0.4, 0.5) is 0 Å². The monoisotopic (exact) mass is 410 g/mol. The van der Waals surface area contributed by atoms with Crippen molar-refractivity contribution >= 4 is 11.9 Å². The highest BCUT2D eigenvalue weighted by Gasteiger charge is 2.23. The molecular formula is C23H42N2O4. The Balaban J connectivity index is 0.000000311. The Morgan fingerprint density at radius 1 is 0.759 bits per heavy atom. The van der Waals surface area contributed by atoms with Crippen molar-refractivity contribution in [2.45, 2.75) is 91.1 Å². The summed E-state index contributed by atoms with van der Waals surface area (Å²) in [6, 6.07) is 1.52. The minimum atomic E-state index is -0.537. The molecule has 0 spiro atoms. The van der Waals surface area contributed by atoms with Crippen molar-refractivity contribution in [1.29, 1.82) is 0 Å². The molecule has 2 saturated carbocycles. The predicted molar refractivity (Wildman–Crippen MR) is 116 cm³/mol. The summed E-state index contributed by atoms with van der Waals surface area (Å²) in [7, 11) is 0. The smallest absolute Gasteiger partial charge is 0.330 e. The second-order valence-corrected chi connectivity index (χ2v) is 8.16. The second-order valence-electron chi connectivity index (χ2n) is 8.16. The lowest BCUT2D eigenvalue weighted by atomic mass is 9.85. The fourth-order valence-corrected chi connectivity index (χ4v) is 4.08. The zero-order valence-corrected chi connectivity index (χ0v) is 18.9. The Bertz CT molecular complexity index is 453. The van der Waals surface area contributed by atoms with Gasteiger partial charge in [-0.2, -0.15) is 0 Å². The van der Waals surface area contributed by atoms with Gasteiger partial charge in [0.2, 0.25) is 0 Å². The first kappa shape index (κ1) is 25.6. The van der Waals surface area contributed by atoms with Crippen LogP contribution in [0.25, 0.3) is 0 Å². The molecule has 0 amide bonds. The molecule has 4 unspecified atom stereocenters. The zero-order chi connectivity index (χ0) is 21.5. The summed E-state index contributed by atoms with van der Waals surface area (Å²) < 4.78 is 9.07. The van der Waals surface area contributed by atoms with Crippen molar-refractivity contribution in [3.05, 3.63) is 12.2 Å². The number of rotatable bonds is 8. The third kappa shape index (κ3) is 11.4. The van der Waals surface area contributed by atoms with Gasteiger partial charge >= 0.3 is 11.9 Å². The maximum Gasteiger partial charge on any atom is 0.330 e. The van der Waals surface area contributed by atoms with E-state index in [1.54, 1.807) is 13.8 Å². The molecule has 168 valence electrons. The van der Waals surface area contributed by atoms with E-state index < -0.39 is 11.9 Å². The molecule has 0 saturated heterocycles. The molecule has 0 radical (unpaired) electrons. The fourth-order valence-electron chi connectivity index (χ4n) is 4.08. The Morgan fingerprint density at radius 3 is 1.48 bits per heavy atom. The number of ether oxygens (including phenoxy) is 2. The summed E-state index contributed by atoms with van der Waals surface area (Å²) in [5, 5.41) is 7.46. The molecule has 6 heteroatoms. The van der Waals surface area contributed by atoms with Crippen molar-refractivity contribution in [2.75, 3.05) is 19.9 Å². The van der Waals surface area contributed by atoms with Gasteiger partial charge in [-0.3, -0.25) is 0 Å². The van der Waals surface area contributed by atoms with Crippen LogP contribution < -0.4 is 10.6 Å². The lowest BCUT2D eigenvalue weighted by Gasteiger charge is -2.33. The number of esters is 2.